The van der Waals surface area contributed by atoms with Gasteiger partial charge in [0.1, 0.15) is 0 Å². The lowest BCUT2D eigenvalue weighted by atomic mass is 9.83. The number of aliphatic carboxylic acids is 1. The maximum atomic E-state index is 11.6. The Balaban J connectivity index is 2.09. The summed E-state index contributed by atoms with van der Waals surface area (Å²) in [5, 5.41) is 9.15. The van der Waals surface area contributed by atoms with Gasteiger partial charge in [-0.1, -0.05) is 12.8 Å². The molecule has 5 heteroatoms. The number of hydrogen-bond acceptors (Lipinski definition) is 3. The topological polar surface area (TPSA) is 66.8 Å². The Morgan fingerprint density at radius 2 is 2.06 bits per heavy atom. The third-order valence-electron chi connectivity index (χ3n) is 3.45. The number of carbonyl (C=O) groups is 2. The van der Waals surface area contributed by atoms with Gasteiger partial charge in [-0.05, 0) is 19.3 Å². The molecule has 2 rings (SSSR count). The molecule has 1 heterocycles. The largest absolute Gasteiger partial charge is 0.481 e. The third kappa shape index (κ3) is 2.13. The lowest BCUT2D eigenvalue weighted by Crippen LogP contribution is -2.51. The van der Waals surface area contributed by atoms with Crippen molar-refractivity contribution in [1.82, 2.24) is 4.90 Å². The van der Waals surface area contributed by atoms with Crippen molar-refractivity contribution in [3.05, 3.63) is 0 Å². The molecule has 0 aromatic carbocycles. The van der Waals surface area contributed by atoms with Crippen LogP contribution in [0.25, 0.3) is 0 Å². The maximum Gasteiger partial charge on any atom is 0.410 e. The van der Waals surface area contributed by atoms with Gasteiger partial charge in [0.25, 0.3) is 0 Å². The summed E-state index contributed by atoms with van der Waals surface area (Å²) in [6, 6.07) is -0.168. The van der Waals surface area contributed by atoms with Crippen LogP contribution in [-0.4, -0.2) is 41.3 Å². The second-order valence-electron chi connectivity index (χ2n) is 4.46. The van der Waals surface area contributed by atoms with Crippen molar-refractivity contribution in [2.45, 2.75) is 38.1 Å². The van der Waals surface area contributed by atoms with Gasteiger partial charge >= 0.3 is 12.1 Å². The lowest BCUT2D eigenvalue weighted by Gasteiger charge is -2.39. The van der Waals surface area contributed by atoms with Crippen LogP contribution in [0.2, 0.25) is 0 Å². The molecule has 1 amide bonds. The van der Waals surface area contributed by atoms with Crippen molar-refractivity contribution in [3.8, 4) is 0 Å². The summed E-state index contributed by atoms with van der Waals surface area (Å²) >= 11 is 0. The number of cyclic esters (lactones) is 1. The summed E-state index contributed by atoms with van der Waals surface area (Å²) in [4.78, 5) is 24.3. The first-order valence-electron chi connectivity index (χ1n) is 5.86. The molecule has 16 heavy (non-hydrogen) atoms. The highest BCUT2D eigenvalue weighted by Gasteiger charge is 2.38. The minimum absolute atomic E-state index is 0.168. The van der Waals surface area contributed by atoms with E-state index in [1.165, 1.54) is 0 Å². The minimum Gasteiger partial charge on any atom is -0.481 e. The van der Waals surface area contributed by atoms with E-state index in [1.54, 1.807) is 4.90 Å². The van der Waals surface area contributed by atoms with Gasteiger partial charge in [0.15, 0.2) is 0 Å². The molecule has 5 nitrogen and oxygen atoms in total. The summed E-state index contributed by atoms with van der Waals surface area (Å²) in [5.41, 5.74) is 0. The Hall–Kier alpha value is -1.26. The van der Waals surface area contributed by atoms with E-state index in [1.807, 2.05) is 0 Å². The maximum absolute atomic E-state index is 11.6. The van der Waals surface area contributed by atoms with Gasteiger partial charge < -0.3 is 14.7 Å². The molecule has 0 radical (unpaired) electrons. The first-order valence-corrected chi connectivity index (χ1v) is 5.86. The molecular weight excluding hydrogens is 210 g/mol. The molecule has 2 atom stereocenters. The number of carbonyl (C=O) groups excluding carboxylic acids is 1. The highest BCUT2D eigenvalue weighted by Crippen LogP contribution is 2.30. The van der Waals surface area contributed by atoms with E-state index < -0.39 is 11.9 Å². The van der Waals surface area contributed by atoms with Crippen molar-refractivity contribution < 1.29 is 19.4 Å². The fourth-order valence-electron chi connectivity index (χ4n) is 2.64. The highest BCUT2D eigenvalue weighted by atomic mass is 16.6. The normalized spacial score (nSPS) is 31.0. The Kier molecular flexibility index (Phi) is 3.31. The van der Waals surface area contributed by atoms with E-state index in [9.17, 15) is 9.59 Å². The van der Waals surface area contributed by atoms with Gasteiger partial charge in [-0.25, -0.2) is 4.79 Å². The van der Waals surface area contributed by atoms with Crippen LogP contribution in [-0.2, 0) is 9.53 Å². The number of ether oxygens (including phenoxy) is 1. The molecule has 1 saturated heterocycles. The number of carboxylic acids is 1. The average molecular weight is 227 g/mol. The van der Waals surface area contributed by atoms with Gasteiger partial charge in [-0.3, -0.25) is 4.79 Å². The van der Waals surface area contributed by atoms with Gasteiger partial charge in [0, 0.05) is 12.6 Å². The monoisotopic (exact) mass is 227 g/mol. The van der Waals surface area contributed by atoms with Crippen LogP contribution in [0.4, 0.5) is 4.79 Å². The molecule has 1 saturated carbocycles. The molecule has 0 aromatic rings. The number of hydrogen-bond donors (Lipinski definition) is 1. The average Bonchev–Trinajstić information content (AvgIpc) is 2.29. The van der Waals surface area contributed by atoms with Crippen LogP contribution in [0.1, 0.15) is 32.1 Å². The molecule has 1 N–H and O–H groups in total. The zero-order chi connectivity index (χ0) is 11.5. The Morgan fingerprint density at radius 3 is 2.75 bits per heavy atom. The van der Waals surface area contributed by atoms with E-state index in [0.717, 1.165) is 25.7 Å². The number of amides is 1. The van der Waals surface area contributed by atoms with Crippen LogP contribution in [0, 0.1) is 5.92 Å². The molecule has 2 unspecified atom stereocenters. The Labute approximate surface area is 94.4 Å². The molecule has 1 aliphatic carbocycles. The first kappa shape index (κ1) is 11.2. The summed E-state index contributed by atoms with van der Waals surface area (Å²) in [6.07, 6.45) is 3.85. The van der Waals surface area contributed by atoms with Crippen molar-refractivity contribution in [2.75, 3.05) is 13.2 Å². The smallest absolute Gasteiger partial charge is 0.410 e. The standard InChI is InChI=1S/C11H17NO4/c13-10(14)8-4-1-2-5-9(8)12-6-3-7-16-11(12)15/h8-9H,1-7H2,(H,13,14). The molecular formula is C11H17NO4. The van der Waals surface area contributed by atoms with E-state index >= 15 is 0 Å². The molecule has 1 aliphatic heterocycles. The number of carboxylic acid groups (broad SMARTS) is 1. The molecule has 90 valence electrons. The predicted octanol–water partition coefficient (Wildman–Crippen LogP) is 1.47. The van der Waals surface area contributed by atoms with E-state index in [0.29, 0.717) is 19.6 Å². The van der Waals surface area contributed by atoms with Crippen LogP contribution in [0.15, 0.2) is 0 Å². The zero-order valence-electron chi connectivity index (χ0n) is 9.22. The zero-order valence-corrected chi connectivity index (χ0v) is 9.22. The summed E-state index contributed by atoms with van der Waals surface area (Å²) in [5.74, 6) is -1.21. The lowest BCUT2D eigenvalue weighted by molar-refractivity contribution is -0.145. The summed E-state index contributed by atoms with van der Waals surface area (Å²) in [6.45, 7) is 1.09. The van der Waals surface area contributed by atoms with Gasteiger partial charge in [0.2, 0.25) is 0 Å². The minimum atomic E-state index is -0.789. The summed E-state index contributed by atoms with van der Waals surface area (Å²) < 4.78 is 4.97. The van der Waals surface area contributed by atoms with Crippen LogP contribution in [0.3, 0.4) is 0 Å². The van der Waals surface area contributed by atoms with Crippen LogP contribution in [0.5, 0.6) is 0 Å². The van der Waals surface area contributed by atoms with E-state index in [2.05, 4.69) is 0 Å². The second kappa shape index (κ2) is 4.72. The van der Waals surface area contributed by atoms with Gasteiger partial charge in [-0.2, -0.15) is 0 Å². The predicted molar refractivity (Wildman–Crippen MR) is 56.1 cm³/mol. The number of nitrogens with zero attached hydrogens (tertiary/aromatic N) is 1. The van der Waals surface area contributed by atoms with Gasteiger partial charge in [-0.15, -0.1) is 0 Å². The highest BCUT2D eigenvalue weighted by molar-refractivity contribution is 5.74. The fraction of sp³-hybridized carbons (Fsp3) is 0.818. The molecule has 0 bridgehead atoms. The Morgan fingerprint density at radius 1 is 1.31 bits per heavy atom. The Bertz CT molecular complexity index is 292. The molecule has 0 aromatic heterocycles. The summed E-state index contributed by atoms with van der Waals surface area (Å²) in [7, 11) is 0. The molecule has 2 fully saturated rings. The molecule has 2 aliphatic rings. The fourth-order valence-corrected chi connectivity index (χ4v) is 2.64. The quantitative estimate of drug-likeness (QED) is 0.775. The van der Waals surface area contributed by atoms with Crippen molar-refractivity contribution >= 4 is 12.1 Å². The second-order valence-corrected chi connectivity index (χ2v) is 4.46. The van der Waals surface area contributed by atoms with E-state index in [-0.39, 0.29) is 12.1 Å². The third-order valence-corrected chi connectivity index (χ3v) is 3.45. The SMILES string of the molecule is O=C(O)C1CCCCC1N1CCCOC1=O. The first-order chi connectivity index (χ1) is 7.70. The molecule has 0 spiro atoms. The number of rotatable bonds is 2. The van der Waals surface area contributed by atoms with Crippen molar-refractivity contribution in [1.29, 1.82) is 0 Å². The van der Waals surface area contributed by atoms with Crippen LogP contribution < -0.4 is 0 Å². The van der Waals surface area contributed by atoms with E-state index in [4.69, 9.17) is 9.84 Å². The van der Waals surface area contributed by atoms with Crippen molar-refractivity contribution in [3.63, 3.8) is 0 Å². The van der Waals surface area contributed by atoms with Crippen molar-refractivity contribution in [2.24, 2.45) is 5.92 Å². The van der Waals surface area contributed by atoms with Gasteiger partial charge in [0.05, 0.1) is 12.5 Å². The van der Waals surface area contributed by atoms with Crippen LogP contribution >= 0.6 is 0 Å².